The summed E-state index contributed by atoms with van der Waals surface area (Å²) in [5.74, 6) is 0.879. The molecule has 5 heterocycles. The maximum absolute atomic E-state index is 5.50. The van der Waals surface area contributed by atoms with E-state index in [1.54, 1.807) is 0 Å². The van der Waals surface area contributed by atoms with Gasteiger partial charge in [0, 0.05) is 49.7 Å². The van der Waals surface area contributed by atoms with E-state index in [0.717, 1.165) is 61.8 Å². The first kappa shape index (κ1) is 34.1. The number of fused-ring (bicyclic) bond motifs is 13. The van der Waals surface area contributed by atoms with Crippen LogP contribution in [0.15, 0.2) is 218 Å². The van der Waals surface area contributed by atoms with Crippen molar-refractivity contribution in [1.29, 1.82) is 0 Å². The minimum Gasteiger partial charge on any atom is -0.309 e. The maximum atomic E-state index is 5.50. The highest BCUT2D eigenvalue weighted by atomic mass is 15.2. The molecule has 0 N–H and O–H groups in total. The highest BCUT2D eigenvalue weighted by Crippen LogP contribution is 2.40. The maximum Gasteiger partial charge on any atom is 0.222 e. The van der Waals surface area contributed by atoms with Crippen molar-refractivity contribution in [3.63, 3.8) is 0 Å². The van der Waals surface area contributed by atoms with Crippen molar-refractivity contribution >= 4 is 82.5 Å². The molecular formula is C57H36N6. The first-order valence-electron chi connectivity index (χ1n) is 21.5. The van der Waals surface area contributed by atoms with E-state index in [4.69, 9.17) is 4.98 Å². The second-order valence-electron chi connectivity index (χ2n) is 16.5. The number of aromatic nitrogens is 6. The molecule has 6 nitrogen and oxygen atoms in total. The molecule has 0 saturated heterocycles. The molecule has 0 radical (unpaired) electrons. The van der Waals surface area contributed by atoms with Gasteiger partial charge in [-0.05, 0) is 102 Å². The summed E-state index contributed by atoms with van der Waals surface area (Å²) in [6.07, 6.45) is 0. The van der Waals surface area contributed by atoms with Crippen LogP contribution in [0.4, 0.5) is 0 Å². The molecule has 0 spiro atoms. The van der Waals surface area contributed by atoms with E-state index < -0.39 is 0 Å². The Morgan fingerprint density at radius 2 is 0.714 bits per heavy atom. The van der Waals surface area contributed by atoms with Crippen molar-refractivity contribution in [3.05, 3.63) is 218 Å². The zero-order valence-corrected chi connectivity index (χ0v) is 34.0. The molecule has 294 valence electrons. The van der Waals surface area contributed by atoms with Crippen molar-refractivity contribution in [3.8, 4) is 33.9 Å². The molecule has 0 saturated carbocycles. The average molecular weight is 805 g/mol. The highest BCUT2D eigenvalue weighted by Gasteiger charge is 2.24. The first-order chi connectivity index (χ1) is 31.3. The third-order valence-corrected chi connectivity index (χ3v) is 13.1. The number of para-hydroxylation sites is 6. The zero-order chi connectivity index (χ0) is 41.2. The van der Waals surface area contributed by atoms with E-state index in [0.29, 0.717) is 0 Å². The summed E-state index contributed by atoms with van der Waals surface area (Å²) in [6.45, 7) is 0. The van der Waals surface area contributed by atoms with Crippen molar-refractivity contribution in [1.82, 2.24) is 27.7 Å². The van der Waals surface area contributed by atoms with Gasteiger partial charge in [0.25, 0.3) is 0 Å². The molecule has 5 aromatic heterocycles. The van der Waals surface area contributed by atoms with Crippen LogP contribution in [0, 0.1) is 0 Å². The number of hydrogen-bond donors (Lipinski definition) is 0. The molecule has 63 heavy (non-hydrogen) atoms. The van der Waals surface area contributed by atoms with Gasteiger partial charge in [-0.3, -0.25) is 13.5 Å². The van der Waals surface area contributed by atoms with Gasteiger partial charge >= 0.3 is 0 Å². The summed E-state index contributed by atoms with van der Waals surface area (Å²) in [5.41, 5.74) is 16.9. The summed E-state index contributed by atoms with van der Waals surface area (Å²) in [5, 5.41) is 6.15. The van der Waals surface area contributed by atoms with Gasteiger partial charge < -0.3 is 9.13 Å². The predicted octanol–water partition coefficient (Wildman–Crippen LogP) is 14.2. The topological polar surface area (TPSA) is 37.0 Å². The Morgan fingerprint density at radius 1 is 0.270 bits per heavy atom. The number of nitrogens with zero attached hydrogens (tertiary/aromatic N) is 6. The van der Waals surface area contributed by atoms with Crippen LogP contribution >= 0.6 is 0 Å². The summed E-state index contributed by atoms with van der Waals surface area (Å²) in [6, 6.07) is 78.8. The van der Waals surface area contributed by atoms with Crippen molar-refractivity contribution in [2.75, 3.05) is 0 Å². The van der Waals surface area contributed by atoms with E-state index in [9.17, 15) is 0 Å². The molecular weight excluding hydrogens is 769 g/mol. The first-order valence-corrected chi connectivity index (χ1v) is 21.5. The molecule has 0 aliphatic heterocycles. The van der Waals surface area contributed by atoms with Crippen LogP contribution in [0.3, 0.4) is 0 Å². The van der Waals surface area contributed by atoms with Gasteiger partial charge in [0.15, 0.2) is 5.65 Å². The van der Waals surface area contributed by atoms with Gasteiger partial charge in [-0.2, -0.15) is 4.98 Å². The van der Waals surface area contributed by atoms with Crippen LogP contribution in [-0.2, 0) is 0 Å². The monoisotopic (exact) mass is 804 g/mol. The van der Waals surface area contributed by atoms with Crippen molar-refractivity contribution in [2.45, 2.75) is 0 Å². The van der Waals surface area contributed by atoms with Gasteiger partial charge in [-0.25, -0.2) is 0 Å². The Labute approximate surface area is 361 Å². The molecule has 14 rings (SSSR count). The molecule has 0 amide bonds. The smallest absolute Gasteiger partial charge is 0.222 e. The molecule has 0 fully saturated rings. The Balaban J connectivity index is 0.948. The average Bonchev–Trinajstić information content (AvgIpc) is 4.13. The Bertz CT molecular complexity index is 4070. The molecule has 0 atom stereocenters. The highest BCUT2D eigenvalue weighted by molar-refractivity contribution is 6.12. The summed E-state index contributed by atoms with van der Waals surface area (Å²) in [7, 11) is 0. The minimum atomic E-state index is 0.879. The van der Waals surface area contributed by atoms with E-state index in [-0.39, 0.29) is 0 Å². The Morgan fingerprint density at radius 3 is 1.35 bits per heavy atom. The van der Waals surface area contributed by atoms with Crippen LogP contribution < -0.4 is 0 Å². The number of hydrogen-bond acceptors (Lipinski definition) is 1. The number of imidazole rings is 2. The van der Waals surface area contributed by atoms with Crippen molar-refractivity contribution in [2.24, 2.45) is 0 Å². The van der Waals surface area contributed by atoms with Crippen molar-refractivity contribution < 1.29 is 0 Å². The third kappa shape index (κ3) is 4.80. The number of rotatable bonds is 5. The van der Waals surface area contributed by atoms with E-state index in [1.807, 2.05) is 0 Å². The van der Waals surface area contributed by atoms with Crippen LogP contribution in [0.2, 0.25) is 0 Å². The molecule has 9 aromatic carbocycles. The normalized spacial score (nSPS) is 12.1. The van der Waals surface area contributed by atoms with Crippen LogP contribution in [0.5, 0.6) is 0 Å². The predicted molar refractivity (Wildman–Crippen MR) is 260 cm³/mol. The van der Waals surface area contributed by atoms with Crippen LogP contribution in [0.1, 0.15) is 0 Å². The lowest BCUT2D eigenvalue weighted by Gasteiger charge is -2.11. The zero-order valence-electron chi connectivity index (χ0n) is 34.0. The fourth-order valence-electron chi connectivity index (χ4n) is 10.4. The summed E-state index contributed by atoms with van der Waals surface area (Å²) >= 11 is 0. The molecule has 0 aliphatic carbocycles. The van der Waals surface area contributed by atoms with E-state index in [2.05, 4.69) is 241 Å². The lowest BCUT2D eigenvalue weighted by Crippen LogP contribution is -1.98. The molecule has 0 unspecified atom stereocenters. The van der Waals surface area contributed by atoms with Crippen LogP contribution in [0.25, 0.3) is 116 Å². The lowest BCUT2D eigenvalue weighted by molar-refractivity contribution is 1.09. The largest absolute Gasteiger partial charge is 0.309 e. The number of benzene rings is 9. The van der Waals surface area contributed by atoms with Gasteiger partial charge in [0.1, 0.15) is 5.52 Å². The fraction of sp³-hybridized carbons (Fsp3) is 0. The fourth-order valence-corrected chi connectivity index (χ4v) is 10.4. The SMILES string of the molecule is c1ccc(-n2c3ccccc3c3c2nc2n(-c4ccccc4)c4cc(-n5c6ccccc6c6cc(-c7ccc(-n8c9ccccc9c9ccccc98)cc7)ccc65)ccc4n32)cc1. The van der Waals surface area contributed by atoms with Gasteiger partial charge in [-0.1, -0.05) is 127 Å². The van der Waals surface area contributed by atoms with Gasteiger partial charge in [-0.15, -0.1) is 0 Å². The lowest BCUT2D eigenvalue weighted by atomic mass is 10.0. The standard InChI is InChI=1S/C57H36N6/c1-3-15-39(16-4-1)61-51-26-14-10-22-46(51)55-56(61)58-57-62(40-17-5-2-6-18-40)54-36-42(32-34-53(54)63(55)57)60-50-25-13-9-21-45(50)47-35-38(29-33-52(47)60)37-27-30-41(31-28-37)59-48-23-11-7-19-43(48)44-20-8-12-24-49(44)59/h1-36H. The molecule has 6 heteroatoms. The van der Waals surface area contributed by atoms with Gasteiger partial charge in [0.05, 0.1) is 38.6 Å². The third-order valence-electron chi connectivity index (χ3n) is 13.1. The van der Waals surface area contributed by atoms with Gasteiger partial charge in [0.2, 0.25) is 5.78 Å². The molecule has 0 bridgehead atoms. The second-order valence-corrected chi connectivity index (χ2v) is 16.5. The Kier molecular flexibility index (Phi) is 7.02. The van der Waals surface area contributed by atoms with E-state index in [1.165, 1.54) is 54.6 Å². The molecule has 0 aliphatic rings. The van der Waals surface area contributed by atoms with Crippen LogP contribution in [-0.4, -0.2) is 27.7 Å². The van der Waals surface area contributed by atoms with E-state index >= 15 is 0 Å². The summed E-state index contributed by atoms with van der Waals surface area (Å²) < 4.78 is 11.8. The second kappa shape index (κ2) is 12.9. The minimum absolute atomic E-state index is 0.879. The molecule has 14 aromatic rings. The Hall–Kier alpha value is -8.61. The summed E-state index contributed by atoms with van der Waals surface area (Å²) in [4.78, 5) is 5.50. The quantitative estimate of drug-likeness (QED) is 0.171.